The van der Waals surface area contributed by atoms with Gasteiger partial charge in [0.25, 0.3) is 0 Å². The van der Waals surface area contributed by atoms with Crippen molar-refractivity contribution in [1.82, 2.24) is 20.5 Å². The predicted octanol–water partition coefficient (Wildman–Crippen LogP) is 3.53. The number of fused-ring (bicyclic) bond motifs is 1. The van der Waals surface area contributed by atoms with E-state index in [4.69, 9.17) is 0 Å². The molecule has 0 saturated carbocycles. The van der Waals surface area contributed by atoms with Gasteiger partial charge in [0, 0.05) is 51.1 Å². The minimum absolute atomic E-state index is 0. The van der Waals surface area contributed by atoms with Crippen molar-refractivity contribution in [1.29, 1.82) is 0 Å². The van der Waals surface area contributed by atoms with Gasteiger partial charge in [0.05, 0.1) is 10.7 Å². The first-order valence-electron chi connectivity index (χ1n) is 9.82. The molecule has 154 valence electrons. The Morgan fingerprint density at radius 3 is 2.64 bits per heavy atom. The van der Waals surface area contributed by atoms with E-state index in [1.54, 1.807) is 11.3 Å². The fraction of sp³-hybridized carbons (Fsp3) is 0.524. The summed E-state index contributed by atoms with van der Waals surface area (Å²) in [6.07, 6.45) is 3.23. The van der Waals surface area contributed by atoms with E-state index in [9.17, 15) is 0 Å². The Morgan fingerprint density at radius 1 is 1.18 bits per heavy atom. The summed E-state index contributed by atoms with van der Waals surface area (Å²) < 4.78 is 0. The van der Waals surface area contributed by atoms with Crippen LogP contribution in [0.2, 0.25) is 0 Å². The first kappa shape index (κ1) is 23.1. The number of aryl methyl sites for hydroxylation is 2. The van der Waals surface area contributed by atoms with Gasteiger partial charge in [0.15, 0.2) is 5.96 Å². The lowest BCUT2D eigenvalue weighted by molar-refractivity contribution is 0.251. The summed E-state index contributed by atoms with van der Waals surface area (Å²) in [7, 11) is 1.83. The van der Waals surface area contributed by atoms with Gasteiger partial charge in [-0.25, -0.2) is 4.98 Å². The highest BCUT2D eigenvalue weighted by atomic mass is 127. The van der Waals surface area contributed by atoms with Crippen LogP contribution < -0.4 is 10.6 Å². The standard InChI is InChI=1S/C21H31N5S.HI/c1-16-17(2)27-20(25-16)9-12-24-21(22-3)23-11-6-13-26-14-10-18-7-4-5-8-19(18)15-26;/h4-5,7-8H,6,9-15H2,1-3H3,(H2,22,23,24);1H. The summed E-state index contributed by atoms with van der Waals surface area (Å²) in [5.74, 6) is 0.879. The number of aliphatic imine (C=N–C) groups is 1. The maximum Gasteiger partial charge on any atom is 0.190 e. The van der Waals surface area contributed by atoms with E-state index >= 15 is 0 Å². The van der Waals surface area contributed by atoms with Crippen molar-refractivity contribution >= 4 is 41.3 Å². The van der Waals surface area contributed by atoms with Gasteiger partial charge in [0.1, 0.15) is 0 Å². The van der Waals surface area contributed by atoms with Crippen LogP contribution in [0.1, 0.15) is 33.1 Å². The number of hydrogen-bond acceptors (Lipinski definition) is 4. The zero-order valence-electron chi connectivity index (χ0n) is 17.1. The molecule has 0 aliphatic carbocycles. The van der Waals surface area contributed by atoms with Crippen molar-refractivity contribution in [3.63, 3.8) is 0 Å². The van der Waals surface area contributed by atoms with E-state index in [-0.39, 0.29) is 24.0 Å². The van der Waals surface area contributed by atoms with E-state index in [1.165, 1.54) is 27.4 Å². The van der Waals surface area contributed by atoms with Crippen LogP contribution in [-0.2, 0) is 19.4 Å². The Hall–Kier alpha value is -1.19. The topological polar surface area (TPSA) is 52.6 Å². The van der Waals surface area contributed by atoms with E-state index in [0.29, 0.717) is 0 Å². The molecule has 1 aliphatic heterocycles. The molecule has 0 bridgehead atoms. The molecule has 1 aliphatic rings. The molecule has 0 amide bonds. The average molecular weight is 513 g/mol. The predicted molar refractivity (Wildman–Crippen MR) is 130 cm³/mol. The average Bonchev–Trinajstić information content (AvgIpc) is 3.01. The molecule has 5 nitrogen and oxygen atoms in total. The Kier molecular flexibility index (Phi) is 9.67. The molecule has 28 heavy (non-hydrogen) atoms. The highest BCUT2D eigenvalue weighted by molar-refractivity contribution is 14.0. The van der Waals surface area contributed by atoms with Crippen molar-refractivity contribution in [2.75, 3.05) is 33.2 Å². The molecule has 2 N–H and O–H groups in total. The molecule has 1 aromatic carbocycles. The van der Waals surface area contributed by atoms with E-state index in [2.05, 4.69) is 63.6 Å². The zero-order chi connectivity index (χ0) is 19.1. The summed E-state index contributed by atoms with van der Waals surface area (Å²) in [4.78, 5) is 12.8. The van der Waals surface area contributed by atoms with Crippen LogP contribution >= 0.6 is 35.3 Å². The summed E-state index contributed by atoms with van der Waals surface area (Å²) in [5.41, 5.74) is 4.15. The van der Waals surface area contributed by atoms with Crippen LogP contribution in [0.5, 0.6) is 0 Å². The van der Waals surface area contributed by atoms with Crippen molar-refractivity contribution in [3.05, 3.63) is 51.0 Å². The van der Waals surface area contributed by atoms with Crippen LogP contribution in [0.4, 0.5) is 0 Å². The second-order valence-corrected chi connectivity index (χ2v) is 8.36. The molecule has 0 spiro atoms. The molecule has 2 aromatic rings. The third kappa shape index (κ3) is 6.70. The number of nitrogens with zero attached hydrogens (tertiary/aromatic N) is 3. The van der Waals surface area contributed by atoms with E-state index in [1.807, 2.05) is 7.05 Å². The lowest BCUT2D eigenvalue weighted by atomic mass is 10.00. The van der Waals surface area contributed by atoms with Crippen molar-refractivity contribution in [2.45, 2.75) is 39.7 Å². The normalized spacial score (nSPS) is 14.3. The van der Waals surface area contributed by atoms with Gasteiger partial charge in [-0.1, -0.05) is 24.3 Å². The summed E-state index contributed by atoms with van der Waals surface area (Å²) >= 11 is 1.79. The van der Waals surface area contributed by atoms with Gasteiger partial charge in [-0.2, -0.15) is 0 Å². The molecule has 3 rings (SSSR count). The molecule has 0 saturated heterocycles. The third-order valence-electron chi connectivity index (χ3n) is 5.08. The zero-order valence-corrected chi connectivity index (χ0v) is 20.3. The molecular weight excluding hydrogens is 481 g/mol. The number of guanidine groups is 1. The first-order valence-corrected chi connectivity index (χ1v) is 10.6. The van der Waals surface area contributed by atoms with E-state index in [0.717, 1.165) is 57.2 Å². The summed E-state index contributed by atoms with van der Waals surface area (Å²) in [6.45, 7) is 9.36. The maximum atomic E-state index is 4.59. The Balaban J connectivity index is 0.00000280. The highest BCUT2D eigenvalue weighted by Gasteiger charge is 2.14. The molecule has 7 heteroatoms. The van der Waals surface area contributed by atoms with Crippen LogP contribution in [-0.4, -0.2) is 49.1 Å². The number of rotatable bonds is 7. The number of benzene rings is 1. The Bertz CT molecular complexity index is 754. The van der Waals surface area contributed by atoms with Gasteiger partial charge in [-0.15, -0.1) is 35.3 Å². The molecule has 0 fully saturated rings. The number of nitrogens with one attached hydrogen (secondary N) is 2. The molecule has 0 unspecified atom stereocenters. The summed E-state index contributed by atoms with van der Waals surface area (Å²) in [5, 5.41) is 8.01. The fourth-order valence-electron chi connectivity index (χ4n) is 3.41. The quantitative estimate of drug-likeness (QED) is 0.258. The minimum atomic E-state index is 0. The second kappa shape index (κ2) is 11.7. The van der Waals surface area contributed by atoms with Crippen LogP contribution in [0.3, 0.4) is 0 Å². The molecule has 0 radical (unpaired) electrons. The molecule has 1 aromatic heterocycles. The third-order valence-corrected chi connectivity index (χ3v) is 6.21. The van der Waals surface area contributed by atoms with Crippen LogP contribution in [0.25, 0.3) is 0 Å². The number of halogens is 1. The highest BCUT2D eigenvalue weighted by Crippen LogP contribution is 2.18. The molecule has 0 atom stereocenters. The smallest absolute Gasteiger partial charge is 0.190 e. The monoisotopic (exact) mass is 513 g/mol. The SMILES string of the molecule is CN=C(NCCCN1CCc2ccccc2C1)NCCc1nc(C)c(C)s1.I. The Labute approximate surface area is 190 Å². The van der Waals surface area contributed by atoms with Crippen molar-refractivity contribution in [2.24, 2.45) is 4.99 Å². The molecule has 2 heterocycles. The Morgan fingerprint density at radius 2 is 1.93 bits per heavy atom. The van der Waals surface area contributed by atoms with Gasteiger partial charge in [-0.05, 0) is 37.8 Å². The fourth-order valence-corrected chi connectivity index (χ4v) is 4.34. The van der Waals surface area contributed by atoms with Crippen molar-refractivity contribution in [3.8, 4) is 0 Å². The van der Waals surface area contributed by atoms with Crippen LogP contribution in [0.15, 0.2) is 29.3 Å². The van der Waals surface area contributed by atoms with Crippen LogP contribution in [0, 0.1) is 13.8 Å². The molecular formula is C21H32IN5S. The largest absolute Gasteiger partial charge is 0.356 e. The van der Waals surface area contributed by atoms with Gasteiger partial charge in [0.2, 0.25) is 0 Å². The summed E-state index contributed by atoms with van der Waals surface area (Å²) in [6, 6.07) is 8.82. The van der Waals surface area contributed by atoms with Gasteiger partial charge in [-0.3, -0.25) is 9.89 Å². The van der Waals surface area contributed by atoms with Gasteiger partial charge < -0.3 is 10.6 Å². The maximum absolute atomic E-state index is 4.59. The van der Waals surface area contributed by atoms with E-state index < -0.39 is 0 Å². The van der Waals surface area contributed by atoms with Gasteiger partial charge >= 0.3 is 0 Å². The number of hydrogen-bond donors (Lipinski definition) is 2. The first-order chi connectivity index (χ1) is 13.2. The lowest BCUT2D eigenvalue weighted by Gasteiger charge is -2.28. The second-order valence-electron chi connectivity index (χ2n) is 7.07. The number of thiazole rings is 1. The number of aromatic nitrogens is 1. The lowest BCUT2D eigenvalue weighted by Crippen LogP contribution is -2.40. The minimum Gasteiger partial charge on any atom is -0.356 e. The van der Waals surface area contributed by atoms with Crippen molar-refractivity contribution < 1.29 is 0 Å².